The Labute approximate surface area is 129 Å². The third-order valence-corrected chi connectivity index (χ3v) is 4.32. The molecule has 4 rings (SSSR count). The van der Waals surface area contributed by atoms with Crippen LogP contribution >= 0.6 is 0 Å². The summed E-state index contributed by atoms with van der Waals surface area (Å²) in [5, 5.41) is 5.31. The van der Waals surface area contributed by atoms with Crippen LogP contribution in [0.25, 0.3) is 21.9 Å². The Kier molecular flexibility index (Phi) is 3.28. The van der Waals surface area contributed by atoms with Crippen LogP contribution in [0.1, 0.15) is 31.7 Å². The van der Waals surface area contributed by atoms with E-state index in [0.29, 0.717) is 10.8 Å². The lowest BCUT2D eigenvalue weighted by Crippen LogP contribution is -2.25. The van der Waals surface area contributed by atoms with Gasteiger partial charge in [0.15, 0.2) is 11.3 Å². The molecule has 0 spiro atoms. The van der Waals surface area contributed by atoms with Crippen molar-refractivity contribution >= 4 is 21.9 Å². The van der Waals surface area contributed by atoms with Crippen molar-refractivity contribution in [2.24, 2.45) is 0 Å². The van der Waals surface area contributed by atoms with Crippen LogP contribution in [0.5, 0.6) is 5.75 Å². The molecule has 0 bridgehead atoms. The smallest absolute Gasteiger partial charge is 0.387 e. The van der Waals surface area contributed by atoms with E-state index in [9.17, 15) is 13.6 Å². The normalized spacial score (nSPS) is 16.0. The molecule has 1 saturated carbocycles. The van der Waals surface area contributed by atoms with E-state index in [0.717, 1.165) is 25.7 Å². The van der Waals surface area contributed by atoms with E-state index in [1.54, 1.807) is 18.3 Å². The van der Waals surface area contributed by atoms with Gasteiger partial charge < -0.3 is 9.15 Å². The zero-order valence-corrected chi connectivity index (χ0v) is 12.2. The van der Waals surface area contributed by atoms with Gasteiger partial charge in [0.05, 0.1) is 17.6 Å². The average Bonchev–Trinajstić information content (AvgIpc) is 3.15. The second-order valence-electron chi connectivity index (χ2n) is 5.69. The van der Waals surface area contributed by atoms with E-state index >= 15 is 0 Å². The SMILES string of the molecule is O=c1c2oc3c(OC(F)F)cccc3c2cnn1C1CCCC1. The predicted octanol–water partition coefficient (Wildman–Crippen LogP) is 3.86. The number of benzene rings is 1. The highest BCUT2D eigenvalue weighted by Gasteiger charge is 2.23. The maximum atomic E-state index is 12.6. The number of halogens is 2. The molecule has 3 aromatic rings. The minimum Gasteiger partial charge on any atom is -0.446 e. The molecule has 0 radical (unpaired) electrons. The van der Waals surface area contributed by atoms with Crippen LogP contribution in [0.2, 0.25) is 0 Å². The predicted molar refractivity (Wildman–Crippen MR) is 79.9 cm³/mol. The standard InChI is InChI=1S/C16H14F2N2O3/c17-16(18)22-12-7-3-6-10-11-8-19-20(9-4-1-2-5-9)15(21)14(11)23-13(10)12/h3,6-9,16H,1-2,4-5H2. The second kappa shape index (κ2) is 5.33. The molecule has 0 unspecified atom stereocenters. The van der Waals surface area contributed by atoms with E-state index < -0.39 is 6.61 Å². The van der Waals surface area contributed by atoms with Gasteiger partial charge in [0.2, 0.25) is 5.58 Å². The zero-order chi connectivity index (χ0) is 16.0. The van der Waals surface area contributed by atoms with Crippen LogP contribution in [0.3, 0.4) is 0 Å². The summed E-state index contributed by atoms with van der Waals surface area (Å²) in [6.07, 6.45) is 5.54. The zero-order valence-electron chi connectivity index (χ0n) is 12.2. The van der Waals surface area contributed by atoms with Gasteiger partial charge in [-0.25, -0.2) is 4.68 Å². The van der Waals surface area contributed by atoms with Crippen molar-refractivity contribution in [2.75, 3.05) is 0 Å². The van der Waals surface area contributed by atoms with Gasteiger partial charge in [-0.2, -0.15) is 13.9 Å². The van der Waals surface area contributed by atoms with E-state index in [-0.39, 0.29) is 28.5 Å². The highest BCUT2D eigenvalue weighted by molar-refractivity contribution is 6.06. The van der Waals surface area contributed by atoms with Crippen molar-refractivity contribution in [1.82, 2.24) is 9.78 Å². The molecule has 1 aromatic carbocycles. The largest absolute Gasteiger partial charge is 0.446 e. The van der Waals surface area contributed by atoms with Crippen LogP contribution < -0.4 is 10.3 Å². The molecule has 0 amide bonds. The molecule has 120 valence electrons. The first-order chi connectivity index (χ1) is 11.1. The fourth-order valence-corrected chi connectivity index (χ4v) is 3.27. The lowest BCUT2D eigenvalue weighted by Gasteiger charge is -2.10. The van der Waals surface area contributed by atoms with Gasteiger partial charge in [0.1, 0.15) is 0 Å². The summed E-state index contributed by atoms with van der Waals surface area (Å²) in [5.74, 6) is -0.0829. The Morgan fingerprint density at radius 3 is 2.74 bits per heavy atom. The maximum absolute atomic E-state index is 12.6. The van der Waals surface area contributed by atoms with E-state index in [1.165, 1.54) is 10.7 Å². The van der Waals surface area contributed by atoms with Gasteiger partial charge >= 0.3 is 12.2 Å². The first-order valence-electron chi connectivity index (χ1n) is 7.53. The van der Waals surface area contributed by atoms with Crippen LogP contribution in [0.4, 0.5) is 8.78 Å². The first kappa shape index (κ1) is 14.2. The number of hydrogen-bond acceptors (Lipinski definition) is 4. The molecular weight excluding hydrogens is 306 g/mol. The monoisotopic (exact) mass is 320 g/mol. The van der Waals surface area contributed by atoms with Crippen LogP contribution in [0, 0.1) is 0 Å². The van der Waals surface area contributed by atoms with Crippen molar-refractivity contribution < 1.29 is 17.9 Å². The summed E-state index contributed by atoms with van der Waals surface area (Å²) in [6.45, 7) is -2.96. The molecule has 0 N–H and O–H groups in total. The quantitative estimate of drug-likeness (QED) is 0.735. The second-order valence-corrected chi connectivity index (χ2v) is 5.69. The summed E-state index contributed by atoms with van der Waals surface area (Å²) < 4.78 is 36.5. The highest BCUT2D eigenvalue weighted by Crippen LogP contribution is 2.34. The van der Waals surface area contributed by atoms with Crippen molar-refractivity contribution in [2.45, 2.75) is 38.3 Å². The molecule has 0 aliphatic heterocycles. The maximum Gasteiger partial charge on any atom is 0.387 e. The number of nitrogens with zero attached hydrogens (tertiary/aromatic N) is 2. The number of hydrogen-bond donors (Lipinski definition) is 0. The van der Waals surface area contributed by atoms with E-state index in [2.05, 4.69) is 9.84 Å². The Bertz CT molecular complexity index is 926. The molecule has 1 aliphatic rings. The fourth-order valence-electron chi connectivity index (χ4n) is 3.27. The molecule has 1 aliphatic carbocycles. The summed E-state index contributed by atoms with van der Waals surface area (Å²) in [5.41, 5.74) is -0.0494. The number of ether oxygens (including phenoxy) is 1. The van der Waals surface area contributed by atoms with Crippen LogP contribution in [-0.2, 0) is 0 Å². The molecule has 0 saturated heterocycles. The van der Waals surface area contributed by atoms with Gasteiger partial charge in [-0.15, -0.1) is 0 Å². The van der Waals surface area contributed by atoms with Crippen LogP contribution in [0.15, 0.2) is 33.6 Å². The third kappa shape index (κ3) is 2.27. The number of furan rings is 1. The van der Waals surface area contributed by atoms with Crippen molar-refractivity contribution in [3.63, 3.8) is 0 Å². The molecule has 23 heavy (non-hydrogen) atoms. The molecule has 2 heterocycles. The van der Waals surface area contributed by atoms with Crippen molar-refractivity contribution in [3.8, 4) is 5.75 Å². The van der Waals surface area contributed by atoms with Gasteiger partial charge in [-0.3, -0.25) is 4.79 Å². The van der Waals surface area contributed by atoms with Gasteiger partial charge in [0.25, 0.3) is 0 Å². The Morgan fingerprint density at radius 1 is 1.22 bits per heavy atom. The molecule has 0 atom stereocenters. The summed E-state index contributed by atoms with van der Waals surface area (Å²) in [7, 11) is 0. The molecule has 7 heteroatoms. The molecular formula is C16H14F2N2O3. The van der Waals surface area contributed by atoms with Gasteiger partial charge in [-0.1, -0.05) is 25.0 Å². The highest BCUT2D eigenvalue weighted by atomic mass is 19.3. The minimum absolute atomic E-state index is 0.0805. The van der Waals surface area contributed by atoms with Crippen molar-refractivity contribution in [3.05, 3.63) is 34.7 Å². The Hall–Kier alpha value is -2.44. The summed E-state index contributed by atoms with van der Waals surface area (Å²) in [4.78, 5) is 12.6. The number of fused-ring (bicyclic) bond motifs is 3. The average molecular weight is 320 g/mol. The lowest BCUT2D eigenvalue weighted by molar-refractivity contribution is -0.0493. The number of rotatable bonds is 3. The number of aromatic nitrogens is 2. The molecule has 1 fully saturated rings. The molecule has 5 nitrogen and oxygen atoms in total. The number of alkyl halides is 2. The topological polar surface area (TPSA) is 57.3 Å². The van der Waals surface area contributed by atoms with E-state index in [4.69, 9.17) is 4.42 Å². The van der Waals surface area contributed by atoms with Gasteiger partial charge in [-0.05, 0) is 18.9 Å². The van der Waals surface area contributed by atoms with Crippen molar-refractivity contribution in [1.29, 1.82) is 0 Å². The third-order valence-electron chi connectivity index (χ3n) is 4.32. The summed E-state index contributed by atoms with van der Waals surface area (Å²) in [6, 6.07) is 4.74. The minimum atomic E-state index is -2.96. The number of para-hydroxylation sites is 1. The fraction of sp³-hybridized carbons (Fsp3) is 0.375. The first-order valence-corrected chi connectivity index (χ1v) is 7.53. The lowest BCUT2D eigenvalue weighted by atomic mass is 10.2. The molecule has 2 aromatic heterocycles. The Balaban J connectivity index is 1.94. The Morgan fingerprint density at radius 2 is 2.00 bits per heavy atom. The summed E-state index contributed by atoms with van der Waals surface area (Å²) >= 11 is 0. The van der Waals surface area contributed by atoms with Gasteiger partial charge in [0, 0.05) is 5.39 Å². The van der Waals surface area contributed by atoms with Crippen LogP contribution in [-0.4, -0.2) is 16.4 Å². The van der Waals surface area contributed by atoms with E-state index in [1.807, 2.05) is 0 Å².